The largest absolute Gasteiger partial charge is 0.494 e. The fourth-order valence-electron chi connectivity index (χ4n) is 8.13. The summed E-state index contributed by atoms with van der Waals surface area (Å²) in [6, 6.07) is 6.14. The smallest absolute Gasteiger partial charge is 0.247 e. The Morgan fingerprint density at radius 1 is 0.978 bits per heavy atom. The van der Waals surface area contributed by atoms with E-state index >= 15 is 0 Å². The molecule has 11 heteroatoms. The number of hydrogen-bond acceptors (Lipinski definition) is 8. The van der Waals surface area contributed by atoms with Gasteiger partial charge in [0, 0.05) is 49.7 Å². The van der Waals surface area contributed by atoms with Crippen molar-refractivity contribution in [2.45, 2.75) is 55.7 Å². The van der Waals surface area contributed by atoms with E-state index in [-0.39, 0.29) is 30.2 Å². The first kappa shape index (κ1) is 33.1. The zero-order valence-corrected chi connectivity index (χ0v) is 28.3. The predicted octanol–water partition coefficient (Wildman–Crippen LogP) is 2.81. The van der Waals surface area contributed by atoms with Gasteiger partial charge in [-0.2, -0.15) is 0 Å². The third kappa shape index (κ3) is 5.77. The third-order valence-electron chi connectivity index (χ3n) is 10.2. The van der Waals surface area contributed by atoms with Crippen LogP contribution in [-0.4, -0.2) is 125 Å². The Bertz CT molecular complexity index is 1360. The average molecular weight is 653 g/mol. The number of aliphatic hydroxyl groups is 1. The second kappa shape index (κ2) is 13.3. The SMILES string of the molecule is CCOc1ccc(N2CC=C[C@]3(C)S[C@]45C=CCN(CCN6CCOCC6)C(=O)C4N([C@@H](CO)CC(C)C)C(=O)[C@@H]5[C@@H]3C2=O)cc1. The molecule has 5 heterocycles. The first-order chi connectivity index (χ1) is 22.1. The number of benzene rings is 1. The Morgan fingerprint density at radius 3 is 2.37 bits per heavy atom. The summed E-state index contributed by atoms with van der Waals surface area (Å²) in [6.07, 6.45) is 8.74. The molecule has 5 aliphatic heterocycles. The van der Waals surface area contributed by atoms with Crippen LogP contribution in [0.4, 0.5) is 5.69 Å². The Morgan fingerprint density at radius 2 is 1.70 bits per heavy atom. The van der Waals surface area contributed by atoms with E-state index in [1.165, 1.54) is 0 Å². The molecule has 1 aromatic carbocycles. The molecule has 1 N–H and O–H groups in total. The molecule has 1 unspecified atom stereocenters. The van der Waals surface area contributed by atoms with E-state index in [2.05, 4.69) is 30.9 Å². The number of rotatable bonds is 10. The summed E-state index contributed by atoms with van der Waals surface area (Å²) in [5.74, 6) is -0.969. The van der Waals surface area contributed by atoms with Crippen LogP contribution in [0, 0.1) is 17.8 Å². The topological polar surface area (TPSA) is 103 Å². The molecule has 1 aromatic rings. The van der Waals surface area contributed by atoms with E-state index in [9.17, 15) is 19.5 Å². The molecular weight excluding hydrogens is 604 g/mol. The zero-order valence-electron chi connectivity index (χ0n) is 27.5. The van der Waals surface area contributed by atoms with Crippen LogP contribution in [-0.2, 0) is 19.1 Å². The standard InChI is InChI=1S/C35H48N4O6S/c1-5-45-27-10-8-25(9-11-27)38-15-6-12-34(4)28(31(38)41)29-32(42)39(26(23-40)22-24(2)3)30-33(43)37(14-7-13-35(29,30)46-34)17-16-36-18-20-44-21-19-36/h6-13,24,26,28-30,40H,5,14-23H2,1-4H3/t26-,28-,29+,30?,34+,35+/m1/s1. The van der Waals surface area contributed by atoms with Gasteiger partial charge in [0.1, 0.15) is 11.8 Å². The number of morpholine rings is 1. The number of hydrogen-bond donors (Lipinski definition) is 1. The number of likely N-dealkylation sites (tertiary alicyclic amines) is 1. The number of aliphatic hydroxyl groups excluding tert-OH is 1. The molecule has 6 rings (SSSR count). The summed E-state index contributed by atoms with van der Waals surface area (Å²) >= 11 is 1.58. The molecule has 0 saturated carbocycles. The number of anilines is 1. The summed E-state index contributed by atoms with van der Waals surface area (Å²) in [6.45, 7) is 13.5. The fraction of sp³-hybridized carbons (Fsp3) is 0.629. The average Bonchev–Trinajstić information content (AvgIpc) is 3.32. The number of nitrogens with zero attached hydrogens (tertiary/aromatic N) is 4. The first-order valence-corrected chi connectivity index (χ1v) is 17.6. The van der Waals surface area contributed by atoms with Crippen LogP contribution < -0.4 is 9.64 Å². The van der Waals surface area contributed by atoms with Crippen LogP contribution in [0.15, 0.2) is 48.6 Å². The lowest BCUT2D eigenvalue weighted by molar-refractivity contribution is -0.146. The van der Waals surface area contributed by atoms with Gasteiger partial charge in [-0.05, 0) is 50.5 Å². The Hall–Kier alpha value is -2.86. The summed E-state index contributed by atoms with van der Waals surface area (Å²) in [5, 5.41) is 10.7. The number of fused-ring (bicyclic) bond motifs is 2. The maximum Gasteiger partial charge on any atom is 0.247 e. The second-order valence-corrected chi connectivity index (χ2v) is 15.4. The van der Waals surface area contributed by atoms with Crippen LogP contribution in [0.25, 0.3) is 0 Å². The van der Waals surface area contributed by atoms with Gasteiger partial charge in [0.25, 0.3) is 0 Å². The predicted molar refractivity (Wildman–Crippen MR) is 179 cm³/mol. The zero-order chi connectivity index (χ0) is 32.6. The summed E-state index contributed by atoms with van der Waals surface area (Å²) in [7, 11) is 0. The van der Waals surface area contributed by atoms with Crippen LogP contribution >= 0.6 is 11.8 Å². The van der Waals surface area contributed by atoms with Crippen LogP contribution in [0.1, 0.15) is 34.1 Å². The van der Waals surface area contributed by atoms with Gasteiger partial charge in [0.05, 0.1) is 49.1 Å². The van der Waals surface area contributed by atoms with Crippen molar-refractivity contribution in [2.24, 2.45) is 17.8 Å². The molecule has 3 fully saturated rings. The second-order valence-electron chi connectivity index (χ2n) is 13.6. The molecule has 5 aliphatic rings. The van der Waals surface area contributed by atoms with Gasteiger partial charge in [-0.3, -0.25) is 19.3 Å². The minimum absolute atomic E-state index is 0.108. The molecule has 46 heavy (non-hydrogen) atoms. The van der Waals surface area contributed by atoms with Crippen LogP contribution in [0.5, 0.6) is 5.75 Å². The Labute approximate surface area is 276 Å². The summed E-state index contributed by atoms with van der Waals surface area (Å²) in [5.41, 5.74) is 0.738. The molecule has 3 saturated heterocycles. The molecule has 0 bridgehead atoms. The molecule has 0 aliphatic carbocycles. The van der Waals surface area contributed by atoms with Crippen molar-refractivity contribution >= 4 is 35.2 Å². The minimum Gasteiger partial charge on any atom is -0.494 e. The van der Waals surface area contributed by atoms with Crippen molar-refractivity contribution in [3.63, 3.8) is 0 Å². The number of thioether (sulfide) groups is 1. The van der Waals surface area contributed by atoms with Gasteiger partial charge in [0.2, 0.25) is 17.7 Å². The van der Waals surface area contributed by atoms with Gasteiger partial charge in [-0.25, -0.2) is 0 Å². The highest BCUT2D eigenvalue weighted by atomic mass is 32.2. The highest BCUT2D eigenvalue weighted by molar-refractivity contribution is 8.02. The normalized spacial score (nSPS) is 32.0. The van der Waals surface area contributed by atoms with E-state index in [0.717, 1.165) is 31.1 Å². The number of carbonyl (C=O) groups is 3. The fourth-order valence-corrected chi connectivity index (χ4v) is 10.3. The Balaban J connectivity index is 1.38. The van der Waals surface area contributed by atoms with Crippen molar-refractivity contribution in [1.82, 2.24) is 14.7 Å². The summed E-state index contributed by atoms with van der Waals surface area (Å²) < 4.78 is 9.48. The van der Waals surface area contributed by atoms with E-state index < -0.39 is 33.4 Å². The first-order valence-electron chi connectivity index (χ1n) is 16.7. The molecule has 250 valence electrons. The number of ether oxygens (including phenoxy) is 2. The molecule has 3 amide bonds. The maximum absolute atomic E-state index is 14.9. The lowest BCUT2D eigenvalue weighted by Gasteiger charge is -2.40. The van der Waals surface area contributed by atoms with Gasteiger partial charge in [-0.15, -0.1) is 11.8 Å². The van der Waals surface area contributed by atoms with Gasteiger partial charge >= 0.3 is 0 Å². The van der Waals surface area contributed by atoms with E-state index in [4.69, 9.17) is 9.47 Å². The van der Waals surface area contributed by atoms with Gasteiger partial charge in [-0.1, -0.05) is 38.2 Å². The van der Waals surface area contributed by atoms with Gasteiger partial charge < -0.3 is 29.3 Å². The summed E-state index contributed by atoms with van der Waals surface area (Å²) in [4.78, 5) is 52.0. The minimum atomic E-state index is -0.951. The molecule has 10 nitrogen and oxygen atoms in total. The van der Waals surface area contributed by atoms with Crippen molar-refractivity contribution in [1.29, 1.82) is 0 Å². The molecule has 0 aromatic heterocycles. The van der Waals surface area contributed by atoms with E-state index in [0.29, 0.717) is 45.9 Å². The van der Waals surface area contributed by atoms with Crippen molar-refractivity contribution < 1.29 is 29.0 Å². The third-order valence-corrected chi connectivity index (χ3v) is 12.0. The lowest BCUT2D eigenvalue weighted by atomic mass is 9.74. The number of carbonyl (C=O) groups excluding carboxylic acids is 3. The monoisotopic (exact) mass is 652 g/mol. The Kier molecular flexibility index (Phi) is 9.58. The quantitative estimate of drug-likeness (QED) is 0.385. The van der Waals surface area contributed by atoms with Crippen molar-refractivity contribution in [3.05, 3.63) is 48.6 Å². The highest BCUT2D eigenvalue weighted by Crippen LogP contribution is 2.66. The number of amides is 3. The van der Waals surface area contributed by atoms with E-state index in [1.54, 1.807) is 21.6 Å². The molecule has 1 spiro atoms. The van der Waals surface area contributed by atoms with Gasteiger partial charge in [0.15, 0.2) is 0 Å². The van der Waals surface area contributed by atoms with Crippen molar-refractivity contribution in [2.75, 3.05) is 70.6 Å². The maximum atomic E-state index is 14.9. The highest BCUT2D eigenvalue weighted by Gasteiger charge is 2.74. The molecule has 6 atom stereocenters. The van der Waals surface area contributed by atoms with Crippen LogP contribution in [0.2, 0.25) is 0 Å². The lowest BCUT2D eigenvalue weighted by Crippen LogP contribution is -2.57. The molecular formula is C35H48N4O6S. The molecule has 0 radical (unpaired) electrons. The van der Waals surface area contributed by atoms with Crippen molar-refractivity contribution in [3.8, 4) is 5.75 Å². The van der Waals surface area contributed by atoms with Crippen LogP contribution in [0.3, 0.4) is 0 Å². The van der Waals surface area contributed by atoms with E-state index in [1.807, 2.05) is 55.2 Å².